The largest absolute Gasteiger partial charge is 0.489 e. The van der Waals surface area contributed by atoms with Crippen LogP contribution >= 0.6 is 0 Å². The molecule has 0 radical (unpaired) electrons. The molecule has 1 aliphatic rings. The van der Waals surface area contributed by atoms with Crippen molar-refractivity contribution < 1.29 is 22.4 Å². The molecule has 0 saturated carbocycles. The normalized spacial score (nSPS) is 18.5. The number of ether oxygens (including phenoxy) is 1. The number of amides is 1. The van der Waals surface area contributed by atoms with Gasteiger partial charge in [0, 0.05) is 29.7 Å². The van der Waals surface area contributed by atoms with Gasteiger partial charge in [0.2, 0.25) is 10.0 Å². The van der Waals surface area contributed by atoms with Gasteiger partial charge < -0.3 is 14.5 Å². The number of nitrogens with zero attached hydrogens (tertiary/aromatic N) is 1. The van der Waals surface area contributed by atoms with Crippen molar-refractivity contribution in [2.75, 3.05) is 18.4 Å². The second kappa shape index (κ2) is 10.4. The van der Waals surface area contributed by atoms with Gasteiger partial charge in [0.15, 0.2) is 5.76 Å². The SMILES string of the molecule is CC1CC(C)CN(S(=O)(=O)c2ccc(NC(=O)c3oc4ccccc4c3COc3ccccc3)cc2)C1. The average molecular weight is 519 g/mol. The number of benzene rings is 3. The maximum atomic E-state index is 13.2. The monoisotopic (exact) mass is 518 g/mol. The van der Waals surface area contributed by atoms with Gasteiger partial charge in [-0.3, -0.25) is 4.79 Å². The number of rotatable bonds is 7. The molecule has 8 heteroatoms. The number of fused-ring (bicyclic) bond motifs is 1. The van der Waals surface area contributed by atoms with Crippen LogP contribution in [-0.4, -0.2) is 31.7 Å². The Morgan fingerprint density at radius 1 is 0.946 bits per heavy atom. The molecule has 1 aliphatic heterocycles. The number of carbonyl (C=O) groups is 1. The first-order valence-electron chi connectivity index (χ1n) is 12.4. The van der Waals surface area contributed by atoms with E-state index in [4.69, 9.17) is 9.15 Å². The minimum Gasteiger partial charge on any atom is -0.489 e. The lowest BCUT2D eigenvalue weighted by Gasteiger charge is -2.34. The van der Waals surface area contributed by atoms with E-state index in [1.165, 1.54) is 12.1 Å². The lowest BCUT2D eigenvalue weighted by Crippen LogP contribution is -2.42. The minimum atomic E-state index is -3.60. The van der Waals surface area contributed by atoms with Crippen LogP contribution in [-0.2, 0) is 16.6 Å². The van der Waals surface area contributed by atoms with Crippen LogP contribution in [0.5, 0.6) is 5.75 Å². The van der Waals surface area contributed by atoms with Gasteiger partial charge in [-0.2, -0.15) is 4.31 Å². The fraction of sp³-hybridized carbons (Fsp3) is 0.276. The molecule has 2 unspecified atom stereocenters. The van der Waals surface area contributed by atoms with Crippen molar-refractivity contribution in [2.24, 2.45) is 11.8 Å². The Kier molecular flexibility index (Phi) is 7.04. The molecule has 1 fully saturated rings. The molecule has 4 aromatic rings. The standard InChI is InChI=1S/C29H30N2O5S/c1-20-16-21(2)18-31(17-20)37(33,34)24-14-12-22(13-15-24)30-29(32)28-26(19-35-23-8-4-3-5-9-23)25-10-6-7-11-27(25)36-28/h3-15,20-21H,16-19H2,1-2H3,(H,30,32). The fourth-order valence-corrected chi connectivity index (χ4v) is 6.63. The predicted molar refractivity (Wildman–Crippen MR) is 143 cm³/mol. The van der Waals surface area contributed by atoms with Gasteiger partial charge in [-0.1, -0.05) is 50.2 Å². The van der Waals surface area contributed by atoms with E-state index >= 15 is 0 Å². The number of sulfonamides is 1. The van der Waals surface area contributed by atoms with Gasteiger partial charge in [0.05, 0.1) is 4.90 Å². The molecule has 7 nitrogen and oxygen atoms in total. The topological polar surface area (TPSA) is 88.9 Å². The molecule has 3 aromatic carbocycles. The van der Waals surface area contributed by atoms with Crippen LogP contribution in [0.3, 0.4) is 0 Å². The van der Waals surface area contributed by atoms with Crippen LogP contribution in [0.15, 0.2) is 88.2 Å². The van der Waals surface area contributed by atoms with Crippen molar-refractivity contribution in [3.05, 3.63) is 90.2 Å². The van der Waals surface area contributed by atoms with Gasteiger partial charge in [-0.15, -0.1) is 0 Å². The zero-order chi connectivity index (χ0) is 26.0. The summed E-state index contributed by atoms with van der Waals surface area (Å²) >= 11 is 0. The highest BCUT2D eigenvalue weighted by Gasteiger charge is 2.31. The molecular formula is C29H30N2O5S. The van der Waals surface area contributed by atoms with Crippen LogP contribution in [0, 0.1) is 11.8 Å². The Balaban J connectivity index is 1.35. The summed E-state index contributed by atoms with van der Waals surface area (Å²) in [6.45, 7) is 5.35. The molecular weight excluding hydrogens is 488 g/mol. The van der Waals surface area contributed by atoms with Gasteiger partial charge in [0.1, 0.15) is 17.9 Å². The molecule has 2 atom stereocenters. The summed E-state index contributed by atoms with van der Waals surface area (Å²) in [6.07, 6.45) is 1.02. The van der Waals surface area contributed by atoms with Crippen LogP contribution in [0.2, 0.25) is 0 Å². The van der Waals surface area contributed by atoms with Gasteiger partial charge in [-0.25, -0.2) is 8.42 Å². The van der Waals surface area contributed by atoms with Gasteiger partial charge in [0.25, 0.3) is 5.91 Å². The van der Waals surface area contributed by atoms with Crippen LogP contribution in [0.1, 0.15) is 36.4 Å². The fourth-order valence-electron chi connectivity index (χ4n) is 4.95. The molecule has 1 saturated heterocycles. The zero-order valence-corrected chi connectivity index (χ0v) is 21.7. The maximum Gasteiger partial charge on any atom is 0.291 e. The number of hydrogen-bond acceptors (Lipinski definition) is 5. The first kappa shape index (κ1) is 25.0. The third-order valence-corrected chi connectivity index (χ3v) is 8.46. The molecule has 5 rings (SSSR count). The highest BCUT2D eigenvalue weighted by molar-refractivity contribution is 7.89. The predicted octanol–water partition coefficient (Wildman–Crippen LogP) is 5.93. The van der Waals surface area contributed by atoms with Gasteiger partial charge >= 0.3 is 0 Å². The van der Waals surface area contributed by atoms with E-state index in [9.17, 15) is 13.2 Å². The summed E-state index contributed by atoms with van der Waals surface area (Å²) in [5.41, 5.74) is 1.70. The van der Waals surface area contributed by atoms with E-state index in [-0.39, 0.29) is 17.3 Å². The first-order chi connectivity index (χ1) is 17.8. The summed E-state index contributed by atoms with van der Waals surface area (Å²) in [5.74, 6) is 1.05. The lowest BCUT2D eigenvalue weighted by molar-refractivity contribution is 0.0995. The Morgan fingerprint density at radius 3 is 2.30 bits per heavy atom. The summed E-state index contributed by atoms with van der Waals surface area (Å²) in [6, 6.07) is 23.1. The van der Waals surface area contributed by atoms with Crippen molar-refractivity contribution in [1.29, 1.82) is 0 Å². The second-order valence-corrected chi connectivity index (χ2v) is 11.7. The number of anilines is 1. The van der Waals surface area contributed by atoms with E-state index in [1.54, 1.807) is 22.5 Å². The Morgan fingerprint density at radius 2 is 1.59 bits per heavy atom. The Bertz CT molecular complexity index is 1490. The third kappa shape index (κ3) is 5.40. The van der Waals surface area contributed by atoms with Crippen LogP contribution < -0.4 is 10.1 Å². The zero-order valence-electron chi connectivity index (χ0n) is 20.9. The molecule has 0 spiro atoms. The highest BCUT2D eigenvalue weighted by atomic mass is 32.2. The molecule has 0 aliphatic carbocycles. The molecule has 0 bridgehead atoms. The Hall–Kier alpha value is -3.62. The minimum absolute atomic E-state index is 0.158. The van der Waals surface area contributed by atoms with E-state index < -0.39 is 15.9 Å². The van der Waals surface area contributed by atoms with Crippen LogP contribution in [0.25, 0.3) is 11.0 Å². The van der Waals surface area contributed by atoms with E-state index in [2.05, 4.69) is 19.2 Å². The number of para-hydroxylation sites is 2. The third-order valence-electron chi connectivity index (χ3n) is 6.62. The van der Waals surface area contributed by atoms with E-state index in [0.29, 0.717) is 47.5 Å². The molecule has 2 heterocycles. The molecule has 192 valence electrons. The smallest absolute Gasteiger partial charge is 0.291 e. The number of furan rings is 1. The lowest BCUT2D eigenvalue weighted by atomic mass is 9.94. The summed E-state index contributed by atoms with van der Waals surface area (Å²) in [5, 5.41) is 3.63. The molecule has 1 amide bonds. The van der Waals surface area contributed by atoms with Crippen molar-refractivity contribution in [3.8, 4) is 5.75 Å². The molecule has 37 heavy (non-hydrogen) atoms. The molecule has 1 N–H and O–H groups in total. The van der Waals surface area contributed by atoms with Crippen molar-refractivity contribution in [2.45, 2.75) is 31.8 Å². The molecule has 1 aromatic heterocycles. The summed E-state index contributed by atoms with van der Waals surface area (Å²) < 4.78 is 39.7. The van der Waals surface area contributed by atoms with Crippen molar-refractivity contribution in [3.63, 3.8) is 0 Å². The summed E-state index contributed by atoms with van der Waals surface area (Å²) in [4.78, 5) is 13.4. The van der Waals surface area contributed by atoms with Crippen LogP contribution in [0.4, 0.5) is 5.69 Å². The van der Waals surface area contributed by atoms with E-state index in [1.807, 2.05) is 48.5 Å². The Labute approximate surface area is 217 Å². The number of nitrogens with one attached hydrogen (secondary N) is 1. The number of carbonyl (C=O) groups excluding carboxylic acids is 1. The average Bonchev–Trinajstić information content (AvgIpc) is 3.27. The first-order valence-corrected chi connectivity index (χ1v) is 13.8. The summed E-state index contributed by atoms with van der Waals surface area (Å²) in [7, 11) is -3.60. The second-order valence-electron chi connectivity index (χ2n) is 9.75. The van der Waals surface area contributed by atoms with E-state index in [0.717, 1.165) is 11.8 Å². The highest BCUT2D eigenvalue weighted by Crippen LogP contribution is 2.29. The van der Waals surface area contributed by atoms with Gasteiger partial charge in [-0.05, 0) is 60.7 Å². The van der Waals surface area contributed by atoms with Crippen molar-refractivity contribution >= 4 is 32.6 Å². The number of hydrogen-bond donors (Lipinski definition) is 1. The van der Waals surface area contributed by atoms with Crippen molar-refractivity contribution in [1.82, 2.24) is 4.31 Å². The quantitative estimate of drug-likeness (QED) is 0.328. The number of piperidine rings is 1. The maximum absolute atomic E-state index is 13.2.